The van der Waals surface area contributed by atoms with Crippen molar-refractivity contribution in [2.75, 3.05) is 11.9 Å². The average molecular weight is 683 g/mol. The summed E-state index contributed by atoms with van der Waals surface area (Å²) in [7, 11) is -4.29. The fraction of sp³-hybridized carbons (Fsp3) is 0.394. The molecule has 4 aliphatic rings. The quantitative estimate of drug-likeness (QED) is 0.162. The Balaban J connectivity index is 1.31. The Morgan fingerprint density at radius 1 is 1.06 bits per heavy atom. The molecular weight excluding hydrogens is 652 g/mol. The van der Waals surface area contributed by atoms with E-state index in [0.717, 1.165) is 53.3 Å². The molecule has 4 aliphatic carbocycles. The first-order valence-corrected chi connectivity index (χ1v) is 17.2. The van der Waals surface area contributed by atoms with Gasteiger partial charge >= 0.3 is 12.1 Å². The highest BCUT2D eigenvalue weighted by molar-refractivity contribution is 7.90. The molecule has 4 heterocycles. The number of ether oxygens (including phenoxy) is 1. The van der Waals surface area contributed by atoms with E-state index in [9.17, 15) is 30.8 Å². The van der Waals surface area contributed by atoms with Crippen LogP contribution < -0.4 is 5.32 Å². The van der Waals surface area contributed by atoms with Crippen LogP contribution in [-0.2, 0) is 25.7 Å². The molecule has 250 valence electrons. The van der Waals surface area contributed by atoms with Gasteiger partial charge < -0.3 is 10.1 Å². The summed E-state index contributed by atoms with van der Waals surface area (Å²) < 4.78 is 92.2. The van der Waals surface area contributed by atoms with Crippen molar-refractivity contribution < 1.29 is 35.5 Å². The molecule has 2 bridgehead atoms. The number of nitrogens with one attached hydrogen (secondary N) is 1. The zero-order valence-corrected chi connectivity index (χ0v) is 26.6. The van der Waals surface area contributed by atoms with Crippen molar-refractivity contribution in [3.8, 4) is 11.4 Å². The highest BCUT2D eigenvalue weighted by Gasteiger charge is 2.63. The first-order chi connectivity index (χ1) is 22.9. The van der Waals surface area contributed by atoms with E-state index in [2.05, 4.69) is 20.4 Å². The second-order valence-electron chi connectivity index (χ2n) is 12.9. The van der Waals surface area contributed by atoms with E-state index in [-0.39, 0.29) is 63.1 Å². The molecule has 48 heavy (non-hydrogen) atoms. The SMILES string of the molecule is CCOC(=O)[C@@H]1[C@@H](Nc2nc(-c3cn(S(=O)(=O)c4ccc(C)cc4)c4ncc(F)cc34)nn3c(C(F)(F)F)ccc23)[C@@H]2CC[C@H]1C1CC12. The monoisotopic (exact) mass is 682 g/mol. The minimum atomic E-state index is -4.80. The lowest BCUT2D eigenvalue weighted by Gasteiger charge is -2.47. The van der Waals surface area contributed by atoms with Crippen LogP contribution in [0.4, 0.5) is 23.4 Å². The topological polar surface area (TPSA) is 120 Å². The zero-order chi connectivity index (χ0) is 33.7. The molecule has 9 rings (SSSR count). The minimum Gasteiger partial charge on any atom is -0.466 e. The number of fused-ring (bicyclic) bond motifs is 4. The third-order valence-electron chi connectivity index (χ3n) is 10.2. The summed E-state index contributed by atoms with van der Waals surface area (Å²) >= 11 is 0. The van der Waals surface area contributed by atoms with Crippen LogP contribution in [0.5, 0.6) is 0 Å². The van der Waals surface area contributed by atoms with Crippen LogP contribution in [0.1, 0.15) is 37.4 Å². The van der Waals surface area contributed by atoms with Crippen LogP contribution >= 0.6 is 0 Å². The Morgan fingerprint density at radius 3 is 2.52 bits per heavy atom. The number of aromatic nitrogens is 5. The number of halogens is 4. The third kappa shape index (κ3) is 4.76. The van der Waals surface area contributed by atoms with E-state index >= 15 is 0 Å². The first-order valence-electron chi connectivity index (χ1n) is 15.8. The molecule has 15 heteroatoms. The van der Waals surface area contributed by atoms with E-state index in [1.54, 1.807) is 26.0 Å². The summed E-state index contributed by atoms with van der Waals surface area (Å²) in [5.74, 6) is -0.908. The number of esters is 1. The highest BCUT2D eigenvalue weighted by atomic mass is 32.2. The molecule has 0 radical (unpaired) electrons. The maximum absolute atomic E-state index is 14.7. The molecule has 4 aromatic heterocycles. The van der Waals surface area contributed by atoms with Crippen molar-refractivity contribution in [1.29, 1.82) is 0 Å². The smallest absolute Gasteiger partial charge is 0.433 e. The fourth-order valence-corrected chi connectivity index (χ4v) is 9.37. The molecule has 0 saturated heterocycles. The first kappa shape index (κ1) is 30.8. The molecule has 2 unspecified atom stereocenters. The van der Waals surface area contributed by atoms with Crippen LogP contribution in [0.2, 0.25) is 0 Å². The van der Waals surface area contributed by atoms with Gasteiger partial charge in [0, 0.05) is 23.2 Å². The molecule has 4 fully saturated rings. The number of anilines is 1. The van der Waals surface area contributed by atoms with Crippen LogP contribution in [0.15, 0.2) is 59.8 Å². The number of aryl methyl sites for hydroxylation is 1. The van der Waals surface area contributed by atoms with Gasteiger partial charge in [-0.1, -0.05) is 17.7 Å². The van der Waals surface area contributed by atoms with E-state index < -0.39 is 39.7 Å². The van der Waals surface area contributed by atoms with Gasteiger partial charge in [-0.15, -0.1) is 5.10 Å². The van der Waals surface area contributed by atoms with Crippen LogP contribution in [0.3, 0.4) is 0 Å². The van der Waals surface area contributed by atoms with E-state index in [1.807, 2.05) is 0 Å². The van der Waals surface area contributed by atoms with E-state index in [4.69, 9.17) is 4.74 Å². The van der Waals surface area contributed by atoms with Crippen molar-refractivity contribution >= 4 is 38.4 Å². The van der Waals surface area contributed by atoms with Gasteiger partial charge in [0.1, 0.15) is 17.0 Å². The molecule has 1 aromatic carbocycles. The lowest BCUT2D eigenvalue weighted by atomic mass is 9.61. The average Bonchev–Trinajstić information content (AvgIpc) is 3.61. The van der Waals surface area contributed by atoms with E-state index in [1.165, 1.54) is 18.2 Å². The summed E-state index contributed by atoms with van der Waals surface area (Å²) in [5.41, 5.74) is -0.439. The fourth-order valence-electron chi connectivity index (χ4n) is 8.04. The number of nitrogens with zero attached hydrogens (tertiary/aromatic N) is 5. The van der Waals surface area contributed by atoms with Crippen molar-refractivity contribution in [2.24, 2.45) is 29.6 Å². The van der Waals surface area contributed by atoms with Gasteiger partial charge in [-0.05, 0) is 87.1 Å². The molecular formula is C33H30F4N6O4S. The lowest BCUT2D eigenvalue weighted by molar-refractivity contribution is -0.155. The molecule has 6 atom stereocenters. The van der Waals surface area contributed by atoms with Gasteiger partial charge in [-0.25, -0.2) is 31.3 Å². The predicted molar refractivity (Wildman–Crippen MR) is 166 cm³/mol. The Labute approximate surface area is 272 Å². The van der Waals surface area contributed by atoms with Gasteiger partial charge in [0.25, 0.3) is 10.0 Å². The maximum Gasteiger partial charge on any atom is 0.433 e. The highest BCUT2D eigenvalue weighted by Crippen LogP contribution is 2.64. The summed E-state index contributed by atoms with van der Waals surface area (Å²) in [6.45, 7) is 3.73. The number of rotatable bonds is 7. The Bertz CT molecular complexity index is 2220. The summed E-state index contributed by atoms with van der Waals surface area (Å²) in [5, 5.41) is 7.57. The van der Waals surface area contributed by atoms with Gasteiger partial charge in [-0.2, -0.15) is 13.2 Å². The predicted octanol–water partition coefficient (Wildman–Crippen LogP) is 6.09. The zero-order valence-electron chi connectivity index (χ0n) is 25.8. The Kier molecular flexibility index (Phi) is 6.89. The number of hydrogen-bond donors (Lipinski definition) is 1. The summed E-state index contributed by atoms with van der Waals surface area (Å²) in [6.07, 6.45) is -0.0782. The molecule has 4 saturated carbocycles. The van der Waals surface area contributed by atoms with Gasteiger partial charge in [0.2, 0.25) is 0 Å². The number of hydrogen-bond acceptors (Lipinski definition) is 8. The Hall–Kier alpha value is -4.53. The second-order valence-corrected chi connectivity index (χ2v) is 14.7. The molecule has 0 aliphatic heterocycles. The number of alkyl halides is 3. The van der Waals surface area contributed by atoms with Crippen LogP contribution in [0, 0.1) is 42.3 Å². The summed E-state index contributed by atoms with van der Waals surface area (Å²) in [6, 6.07) is 8.81. The summed E-state index contributed by atoms with van der Waals surface area (Å²) in [4.78, 5) is 21.9. The standard InChI is InChI=1S/C33H30F4N6O4S/c1-3-47-32(44)27-19-8-9-20(22-13-21(19)22)28(27)39-30-25-10-11-26(33(35,36)37)43(25)41-29(40-30)24-15-42(31-23(24)12-17(34)14-38-31)48(45,46)18-6-4-16(2)5-7-18/h4-7,10-12,14-15,19-22,27-28H,3,8-9,13H2,1-2H3,(H,39,40,41)/t19-,20+,21?,22?,27-,28-/m0/s1. The van der Waals surface area contributed by atoms with Crippen LogP contribution in [-0.4, -0.2) is 50.6 Å². The molecule has 1 N–H and O–H groups in total. The number of carbonyl (C=O) groups is 1. The Morgan fingerprint density at radius 2 is 1.79 bits per heavy atom. The normalized spacial score (nSPS) is 25.0. The largest absolute Gasteiger partial charge is 0.466 e. The minimum absolute atomic E-state index is 0.0151. The van der Waals surface area contributed by atoms with Gasteiger partial charge in [0.05, 0.1) is 23.6 Å². The van der Waals surface area contributed by atoms with Crippen molar-refractivity contribution in [3.05, 3.63) is 71.9 Å². The number of benzene rings is 1. The molecule has 0 spiro atoms. The van der Waals surface area contributed by atoms with Crippen LogP contribution in [0.25, 0.3) is 27.9 Å². The van der Waals surface area contributed by atoms with Gasteiger partial charge in [0.15, 0.2) is 17.3 Å². The van der Waals surface area contributed by atoms with Crippen molar-refractivity contribution in [1.82, 2.24) is 23.6 Å². The molecule has 10 nitrogen and oxygen atoms in total. The van der Waals surface area contributed by atoms with Crippen molar-refractivity contribution in [3.63, 3.8) is 0 Å². The molecule has 0 amide bonds. The maximum atomic E-state index is 14.7. The van der Waals surface area contributed by atoms with Crippen molar-refractivity contribution in [2.45, 2.75) is 50.2 Å². The molecule has 5 aromatic rings. The number of pyridine rings is 1. The van der Waals surface area contributed by atoms with Gasteiger partial charge in [-0.3, -0.25) is 4.79 Å². The number of carbonyl (C=O) groups excluding carboxylic acids is 1. The third-order valence-corrected chi connectivity index (χ3v) is 11.9. The van der Waals surface area contributed by atoms with E-state index in [0.29, 0.717) is 16.4 Å². The second kappa shape index (κ2) is 10.7. The lowest BCUT2D eigenvalue weighted by Crippen LogP contribution is -2.53.